The molecule has 2 aromatic rings. The fourth-order valence-electron chi connectivity index (χ4n) is 3.48. The lowest BCUT2D eigenvalue weighted by atomic mass is 10.1. The Bertz CT molecular complexity index is 799. The molecule has 3 rings (SSSR count). The molecule has 1 heterocycles. The van der Waals surface area contributed by atoms with Crippen LogP contribution in [0.25, 0.3) is 0 Å². The Morgan fingerprint density at radius 3 is 2.29 bits per heavy atom. The number of methoxy groups -OCH3 is 2. The van der Waals surface area contributed by atoms with E-state index in [1.54, 1.807) is 14.2 Å². The third kappa shape index (κ3) is 4.57. The monoisotopic (exact) mass is 383 g/mol. The normalized spacial score (nSPS) is 15.8. The van der Waals surface area contributed by atoms with Crippen molar-refractivity contribution in [1.82, 2.24) is 4.90 Å². The number of rotatable bonds is 6. The van der Waals surface area contributed by atoms with Gasteiger partial charge in [-0.3, -0.25) is 9.69 Å². The first-order valence-electron chi connectivity index (χ1n) is 9.60. The van der Waals surface area contributed by atoms with E-state index < -0.39 is 0 Å². The summed E-state index contributed by atoms with van der Waals surface area (Å²) in [6.07, 6.45) is 0. The maximum Gasteiger partial charge on any atom is 0.241 e. The minimum absolute atomic E-state index is 0.0122. The lowest BCUT2D eigenvalue weighted by Crippen LogP contribution is -2.52. The maximum absolute atomic E-state index is 12.8. The van der Waals surface area contributed by atoms with Crippen LogP contribution < -0.4 is 19.7 Å². The zero-order valence-electron chi connectivity index (χ0n) is 17.1. The molecule has 1 amide bonds. The minimum Gasteiger partial charge on any atom is -0.497 e. The molecule has 0 aliphatic carbocycles. The molecule has 1 aliphatic heterocycles. The quantitative estimate of drug-likeness (QED) is 0.830. The number of anilines is 2. The van der Waals surface area contributed by atoms with E-state index in [9.17, 15) is 4.79 Å². The van der Waals surface area contributed by atoms with Crippen LogP contribution in [0.1, 0.15) is 12.5 Å². The first-order valence-corrected chi connectivity index (χ1v) is 9.60. The molecule has 6 nitrogen and oxygen atoms in total. The molecule has 150 valence electrons. The molecule has 0 bridgehead atoms. The van der Waals surface area contributed by atoms with Crippen molar-refractivity contribution in [3.05, 3.63) is 48.0 Å². The van der Waals surface area contributed by atoms with E-state index in [4.69, 9.17) is 9.47 Å². The molecular weight excluding hydrogens is 354 g/mol. The summed E-state index contributed by atoms with van der Waals surface area (Å²) in [7, 11) is 3.29. The Kier molecular flexibility index (Phi) is 6.41. The molecule has 28 heavy (non-hydrogen) atoms. The molecule has 0 aromatic heterocycles. The van der Waals surface area contributed by atoms with Crippen molar-refractivity contribution in [2.45, 2.75) is 19.9 Å². The van der Waals surface area contributed by atoms with Crippen LogP contribution in [0.15, 0.2) is 42.5 Å². The lowest BCUT2D eigenvalue weighted by Gasteiger charge is -2.38. The fraction of sp³-hybridized carbons (Fsp3) is 0.409. The van der Waals surface area contributed by atoms with Crippen molar-refractivity contribution in [3.63, 3.8) is 0 Å². The number of nitrogens with zero attached hydrogens (tertiary/aromatic N) is 2. The first kappa shape index (κ1) is 20.0. The second-order valence-electron chi connectivity index (χ2n) is 7.09. The highest BCUT2D eigenvalue weighted by atomic mass is 16.5. The molecule has 1 fully saturated rings. The van der Waals surface area contributed by atoms with Gasteiger partial charge in [-0.1, -0.05) is 6.07 Å². The average molecular weight is 383 g/mol. The van der Waals surface area contributed by atoms with Crippen LogP contribution in [-0.4, -0.2) is 57.2 Å². The number of ether oxygens (including phenoxy) is 2. The predicted molar refractivity (Wildman–Crippen MR) is 113 cm³/mol. The minimum atomic E-state index is -0.205. The van der Waals surface area contributed by atoms with Crippen molar-refractivity contribution >= 4 is 17.3 Å². The summed E-state index contributed by atoms with van der Waals surface area (Å²) in [5.74, 6) is 1.52. The van der Waals surface area contributed by atoms with E-state index in [-0.39, 0.29) is 11.9 Å². The van der Waals surface area contributed by atoms with E-state index in [0.717, 1.165) is 43.2 Å². The number of carbonyl (C=O) groups is 1. The molecule has 0 spiro atoms. The summed E-state index contributed by atoms with van der Waals surface area (Å²) in [6, 6.07) is 13.7. The van der Waals surface area contributed by atoms with Gasteiger partial charge in [0.15, 0.2) is 0 Å². The Morgan fingerprint density at radius 2 is 1.68 bits per heavy atom. The van der Waals surface area contributed by atoms with Crippen LogP contribution >= 0.6 is 0 Å². The van der Waals surface area contributed by atoms with Crippen LogP contribution in [0.3, 0.4) is 0 Å². The molecule has 2 aromatic carbocycles. The molecular formula is C22H29N3O3. The van der Waals surface area contributed by atoms with Crippen LogP contribution in [0.5, 0.6) is 11.5 Å². The van der Waals surface area contributed by atoms with Crippen LogP contribution in [0.4, 0.5) is 11.4 Å². The van der Waals surface area contributed by atoms with Gasteiger partial charge in [-0.05, 0) is 55.8 Å². The van der Waals surface area contributed by atoms with E-state index in [1.165, 1.54) is 5.69 Å². The smallest absolute Gasteiger partial charge is 0.241 e. The van der Waals surface area contributed by atoms with Gasteiger partial charge in [0.1, 0.15) is 11.5 Å². The Labute approximate surface area is 167 Å². The topological polar surface area (TPSA) is 54.0 Å². The van der Waals surface area contributed by atoms with Crippen LogP contribution in [0.2, 0.25) is 0 Å². The zero-order chi connectivity index (χ0) is 20.1. The third-order valence-electron chi connectivity index (χ3n) is 5.29. The van der Waals surface area contributed by atoms with Gasteiger partial charge in [0, 0.05) is 31.9 Å². The molecule has 1 aliphatic rings. The summed E-state index contributed by atoms with van der Waals surface area (Å²) >= 11 is 0. The first-order chi connectivity index (χ1) is 13.5. The molecule has 1 N–H and O–H groups in total. The van der Waals surface area contributed by atoms with Gasteiger partial charge in [0.25, 0.3) is 0 Å². The van der Waals surface area contributed by atoms with E-state index in [0.29, 0.717) is 5.75 Å². The number of piperazine rings is 1. The van der Waals surface area contributed by atoms with E-state index >= 15 is 0 Å². The fourth-order valence-corrected chi connectivity index (χ4v) is 3.48. The summed E-state index contributed by atoms with van der Waals surface area (Å²) in [6.45, 7) is 7.41. The van der Waals surface area contributed by atoms with Gasteiger partial charge >= 0.3 is 0 Å². The molecule has 1 saturated heterocycles. The van der Waals surface area contributed by atoms with Gasteiger partial charge in [0.05, 0.1) is 25.9 Å². The van der Waals surface area contributed by atoms with Gasteiger partial charge in [0.2, 0.25) is 5.91 Å². The zero-order valence-corrected chi connectivity index (χ0v) is 17.1. The van der Waals surface area contributed by atoms with Crippen LogP contribution in [0, 0.1) is 6.92 Å². The molecule has 6 heteroatoms. The van der Waals surface area contributed by atoms with Crippen molar-refractivity contribution in [3.8, 4) is 11.5 Å². The Balaban J connectivity index is 1.57. The number of hydrogen-bond acceptors (Lipinski definition) is 5. The van der Waals surface area contributed by atoms with E-state index in [1.807, 2.05) is 44.2 Å². The summed E-state index contributed by atoms with van der Waals surface area (Å²) < 4.78 is 10.6. The largest absolute Gasteiger partial charge is 0.497 e. The number of aryl methyl sites for hydroxylation is 1. The van der Waals surface area contributed by atoms with Crippen molar-refractivity contribution < 1.29 is 14.3 Å². The summed E-state index contributed by atoms with van der Waals surface area (Å²) in [5.41, 5.74) is 2.98. The Hall–Kier alpha value is -2.73. The number of nitrogens with one attached hydrogen (secondary N) is 1. The number of amides is 1. The summed E-state index contributed by atoms with van der Waals surface area (Å²) in [5, 5.41) is 3.02. The number of benzene rings is 2. The number of hydrogen-bond donors (Lipinski definition) is 1. The molecule has 1 atom stereocenters. The number of carbonyl (C=O) groups excluding carboxylic acids is 1. The van der Waals surface area contributed by atoms with Crippen molar-refractivity contribution in [1.29, 1.82) is 0 Å². The summed E-state index contributed by atoms with van der Waals surface area (Å²) in [4.78, 5) is 17.3. The van der Waals surface area contributed by atoms with Gasteiger partial charge in [-0.25, -0.2) is 0 Å². The highest BCUT2D eigenvalue weighted by Gasteiger charge is 2.26. The van der Waals surface area contributed by atoms with Gasteiger partial charge in [-0.15, -0.1) is 0 Å². The molecule has 0 radical (unpaired) electrons. The van der Waals surface area contributed by atoms with Crippen molar-refractivity contribution in [2.75, 3.05) is 50.6 Å². The second-order valence-corrected chi connectivity index (χ2v) is 7.09. The highest BCUT2D eigenvalue weighted by Crippen LogP contribution is 2.26. The molecule has 0 saturated carbocycles. The van der Waals surface area contributed by atoms with Crippen LogP contribution in [-0.2, 0) is 4.79 Å². The lowest BCUT2D eigenvalue weighted by molar-refractivity contribution is -0.120. The highest BCUT2D eigenvalue weighted by molar-refractivity contribution is 5.96. The predicted octanol–water partition coefficient (Wildman–Crippen LogP) is 3.16. The van der Waals surface area contributed by atoms with Gasteiger partial charge < -0.3 is 19.7 Å². The second kappa shape index (κ2) is 8.97. The maximum atomic E-state index is 12.8. The Morgan fingerprint density at radius 1 is 1.00 bits per heavy atom. The molecule has 0 unspecified atom stereocenters. The van der Waals surface area contributed by atoms with Crippen molar-refractivity contribution in [2.24, 2.45) is 0 Å². The van der Waals surface area contributed by atoms with Gasteiger partial charge in [-0.2, -0.15) is 0 Å². The van der Waals surface area contributed by atoms with E-state index in [2.05, 4.69) is 27.2 Å². The standard InChI is InChI=1S/C22H29N3O3/c1-16-5-10-21(28-4)20(15-16)23-22(26)17(2)24-11-13-25(14-12-24)18-6-8-19(27-3)9-7-18/h5-10,15,17H,11-14H2,1-4H3,(H,23,26)/t17-/m0/s1. The SMILES string of the molecule is COc1ccc(N2CCN([C@@H](C)C(=O)Nc3cc(C)ccc3OC)CC2)cc1. The third-order valence-corrected chi connectivity index (χ3v) is 5.29. The average Bonchev–Trinajstić information content (AvgIpc) is 2.73.